The van der Waals surface area contributed by atoms with Gasteiger partial charge >= 0.3 is 59.4 Å². The first-order valence-electron chi connectivity index (χ1n) is 27.8. The number of halogens is 3. The molecular formula is C55H73F3N21NaO17. The summed E-state index contributed by atoms with van der Waals surface area (Å²) < 4.78 is 66.6. The van der Waals surface area contributed by atoms with E-state index in [-0.39, 0.29) is 87.6 Å². The van der Waals surface area contributed by atoms with Gasteiger partial charge in [0.25, 0.3) is 0 Å². The van der Waals surface area contributed by atoms with Crippen LogP contribution in [0.15, 0.2) is 142 Å². The third-order valence-electron chi connectivity index (χ3n) is 10.7. The quantitative estimate of drug-likeness (QED) is 0.00478. The molecule has 3 heterocycles. The topological polar surface area (TPSA) is 552 Å². The molecule has 0 radical (unpaired) electrons. The van der Waals surface area contributed by atoms with Crippen molar-refractivity contribution in [1.82, 2.24) is 34.1 Å². The number of aliphatic hydroxyl groups excluding tert-OH is 5. The Morgan fingerprint density at radius 3 is 1.37 bits per heavy atom. The molecule has 0 saturated carbocycles. The van der Waals surface area contributed by atoms with E-state index in [0.717, 1.165) is 12.7 Å². The number of aliphatic hydroxyl groups is 5. The SMILES string of the molecule is C#CCn1ccnc1[N+](=O)[O-].CCOC(OCC)(OCC)c1ccccc1.C[O-].O=[N+]([O-])c1nccn1Cc1cn(C(CO)CF)nn1.[N-]=[N+]=NC(CF)COC(=O)c1ccccc1.[N-]=[N+]=NC(CO)CF.[N-]=[N+]=NC(CO)CO.[N-]=[N+]=NC(CO)COC(=O)c1ccccc1.[Na+]. The zero-order valence-corrected chi connectivity index (χ0v) is 55.3. The van der Waals surface area contributed by atoms with E-state index < -0.39 is 91.2 Å². The third kappa shape index (κ3) is 38.4. The molecule has 4 unspecified atom stereocenters. The first-order chi connectivity index (χ1) is 46.4. The molecule has 0 bridgehead atoms. The number of nitro groups is 2. The van der Waals surface area contributed by atoms with E-state index in [4.69, 9.17) is 82.9 Å². The predicted molar refractivity (Wildman–Crippen MR) is 332 cm³/mol. The minimum atomic E-state index is -1.06. The van der Waals surface area contributed by atoms with E-state index in [1.54, 1.807) is 60.7 Å². The molecule has 0 aliphatic heterocycles. The summed E-state index contributed by atoms with van der Waals surface area (Å²) in [6, 6.07) is 22.4. The van der Waals surface area contributed by atoms with Gasteiger partial charge in [-0.1, -0.05) is 108 Å². The van der Waals surface area contributed by atoms with Crippen LogP contribution in [0.5, 0.6) is 0 Å². The molecule has 3 aromatic carbocycles. The van der Waals surface area contributed by atoms with E-state index in [1.165, 1.54) is 44.8 Å². The number of terminal acetylenes is 1. The van der Waals surface area contributed by atoms with Crippen molar-refractivity contribution >= 4 is 23.8 Å². The van der Waals surface area contributed by atoms with Crippen molar-refractivity contribution in [3.63, 3.8) is 0 Å². The van der Waals surface area contributed by atoms with E-state index in [2.05, 4.69) is 66.3 Å². The number of ether oxygens (including phenoxy) is 5. The van der Waals surface area contributed by atoms with Crippen molar-refractivity contribution in [2.24, 2.45) is 20.5 Å². The van der Waals surface area contributed by atoms with Crippen LogP contribution in [0.4, 0.5) is 25.1 Å². The van der Waals surface area contributed by atoms with Gasteiger partial charge in [-0.3, -0.25) is 8.78 Å². The predicted octanol–water partition coefficient (Wildman–Crippen LogP) is 3.53. The van der Waals surface area contributed by atoms with Crippen molar-refractivity contribution in [2.45, 2.75) is 70.0 Å². The van der Waals surface area contributed by atoms with Crippen LogP contribution in [0.1, 0.15) is 58.8 Å². The van der Waals surface area contributed by atoms with Crippen LogP contribution in [0.3, 0.4) is 0 Å². The maximum absolute atomic E-state index is 12.5. The molecule has 42 heteroatoms. The maximum atomic E-state index is 12.5. The minimum Gasteiger partial charge on any atom is -0.857 e. The molecule has 0 aliphatic rings. The number of carbonyl (C=O) groups excluding carboxylic acids is 2. The Balaban J connectivity index is -0.00000108. The summed E-state index contributed by atoms with van der Waals surface area (Å²) in [6.07, 6.45) is 12.0. The van der Waals surface area contributed by atoms with E-state index >= 15 is 0 Å². The molecular weight excluding hydrogens is 1310 g/mol. The van der Waals surface area contributed by atoms with Gasteiger partial charge in [0.1, 0.15) is 82.9 Å². The maximum Gasteiger partial charge on any atom is 1.00 e. The molecule has 6 aromatic rings. The fraction of sp³-hybridized carbons (Fsp3) is 0.455. The number of alkyl halides is 3. The molecule has 5 N–H and O–H groups in total. The zero-order valence-electron chi connectivity index (χ0n) is 53.3. The van der Waals surface area contributed by atoms with Crippen LogP contribution in [0.2, 0.25) is 0 Å². The van der Waals surface area contributed by atoms with E-state index in [0.29, 0.717) is 36.6 Å². The van der Waals surface area contributed by atoms with Gasteiger partial charge in [-0.05, 0) is 77.0 Å². The van der Waals surface area contributed by atoms with Crippen molar-refractivity contribution in [3.8, 4) is 12.3 Å². The standard InChI is InChI=1S/C13H20O3.C10H10FN3O2.C10H11N3O3.C9H11FN6O3.C6H5N3O2.C3H6FN3O.C3H7N3O2.CH3O.Na/c1-4-14-13(15-5-2,16-6-3)12-10-8-7-9-11-12;11-6-9(13-14-12)7-16-10(15)8-4-2-1-3-5-8;11-13-12-9(6-14)7-16-10(15)8-4-2-1-3-5-8;10-3-8(6-17)15-5-7(12-13-15)4-14-2-1-11-9(14)16(18)19;1-2-4-8-5-3-7-6(8)9(10)11;4-1-3(2-8)6-7-5;4-6-5-3(1-7)2-8;1-2;/h7-11H,4-6H2,1-3H3;1-5,9H,6-7H2;1-5,9,14H,6-7H2;1-2,5,8,17H,3-4,6H2;1,3,5H,4H2;3,8H,1-2H2;3,7-8H,1-2H2;1H3;/q;;;;;;;-1;+1. The van der Waals surface area contributed by atoms with Gasteiger partial charge in [-0.25, -0.2) is 27.8 Å². The van der Waals surface area contributed by atoms with Gasteiger partial charge in [0.05, 0.1) is 74.5 Å². The number of benzene rings is 3. The van der Waals surface area contributed by atoms with Gasteiger partial charge in [0.15, 0.2) is 0 Å². The minimum absolute atomic E-state index is 0. The summed E-state index contributed by atoms with van der Waals surface area (Å²) in [5.74, 6) is -0.368. The Morgan fingerprint density at radius 2 is 1.01 bits per heavy atom. The average molecular weight is 1380 g/mol. The molecule has 4 atom stereocenters. The number of nitrogens with zero attached hydrogens (tertiary/aromatic N) is 21. The number of hydrogen-bond acceptors (Lipinski definition) is 25. The molecule has 0 saturated heterocycles. The molecule has 0 aliphatic carbocycles. The monoisotopic (exact) mass is 1380 g/mol. The number of imidazole rings is 2. The fourth-order valence-electron chi connectivity index (χ4n) is 6.25. The van der Waals surface area contributed by atoms with Crippen molar-refractivity contribution < 1.29 is 116 Å². The van der Waals surface area contributed by atoms with Gasteiger partial charge in [-0.15, -0.1) is 11.5 Å². The van der Waals surface area contributed by atoms with Crippen molar-refractivity contribution in [3.05, 3.63) is 206 Å². The van der Waals surface area contributed by atoms with Crippen LogP contribution in [0, 0.1) is 32.6 Å². The summed E-state index contributed by atoms with van der Waals surface area (Å²) in [5.41, 5.74) is 33.8. The second-order valence-corrected chi connectivity index (χ2v) is 17.2. The fourth-order valence-corrected chi connectivity index (χ4v) is 6.25. The summed E-state index contributed by atoms with van der Waals surface area (Å²) in [4.78, 5) is 59.3. The second kappa shape index (κ2) is 58.7. The number of esters is 2. The number of aromatic nitrogens is 7. The zero-order chi connectivity index (χ0) is 72.4. The number of carbonyl (C=O) groups is 2. The van der Waals surface area contributed by atoms with Gasteiger partial charge < -0.3 is 74.6 Å². The Bertz CT molecular complexity index is 3190. The molecule has 0 fully saturated rings. The molecule has 38 nitrogen and oxygen atoms in total. The van der Waals surface area contributed by atoms with Crippen LogP contribution in [0.25, 0.3) is 41.8 Å². The molecule has 6 rings (SSSR count). The normalized spacial score (nSPS) is 10.9. The molecule has 522 valence electrons. The first kappa shape index (κ1) is 91.4. The summed E-state index contributed by atoms with van der Waals surface area (Å²) in [7, 11) is 0.750. The Hall–Kier alpha value is -9.81. The second-order valence-electron chi connectivity index (χ2n) is 17.2. The summed E-state index contributed by atoms with van der Waals surface area (Å²) in [5, 5.41) is 91.3. The average Bonchev–Trinajstić information content (AvgIpc) is 1.41. The molecule has 0 amide bonds. The third-order valence-corrected chi connectivity index (χ3v) is 10.7. The molecule has 0 spiro atoms. The van der Waals surface area contributed by atoms with Gasteiger partial charge in [-0.2, -0.15) is 7.11 Å². The number of azide groups is 4. The van der Waals surface area contributed by atoms with Crippen LogP contribution >= 0.6 is 0 Å². The van der Waals surface area contributed by atoms with Crippen LogP contribution in [-0.4, -0.2) is 199 Å². The Morgan fingerprint density at radius 1 is 0.619 bits per heavy atom. The Kier molecular flexibility index (Phi) is 55.3. The van der Waals surface area contributed by atoms with Crippen LogP contribution in [-0.2, 0) is 42.7 Å². The van der Waals surface area contributed by atoms with Crippen molar-refractivity contribution in [2.75, 3.05) is 93.2 Å². The smallest absolute Gasteiger partial charge is 0.857 e. The van der Waals surface area contributed by atoms with Crippen LogP contribution < -0.4 is 34.7 Å². The molecule has 97 heavy (non-hydrogen) atoms. The molecule has 3 aromatic heterocycles. The van der Waals surface area contributed by atoms with E-state index in [1.807, 2.05) is 51.1 Å². The number of hydrogen-bond donors (Lipinski definition) is 5. The van der Waals surface area contributed by atoms with Gasteiger partial charge in [0, 0.05) is 45.0 Å². The Labute approximate surface area is 574 Å². The van der Waals surface area contributed by atoms with Crippen molar-refractivity contribution in [1.29, 1.82) is 0 Å². The van der Waals surface area contributed by atoms with Gasteiger partial charge in [0.2, 0.25) is 0 Å². The summed E-state index contributed by atoms with van der Waals surface area (Å²) in [6.45, 7) is 3.05. The largest absolute Gasteiger partial charge is 1.00 e. The number of rotatable bonds is 31. The summed E-state index contributed by atoms with van der Waals surface area (Å²) >= 11 is 0. The first-order valence-corrected chi connectivity index (χ1v) is 27.8. The van der Waals surface area contributed by atoms with E-state index in [9.17, 15) is 43.0 Å².